The van der Waals surface area contributed by atoms with Crippen LogP contribution in [0.15, 0.2) is 24.4 Å². The third-order valence-electron chi connectivity index (χ3n) is 3.14. The molecule has 7 nitrogen and oxygen atoms in total. The number of hydrogen-bond donors (Lipinski definition) is 2. The topological polar surface area (TPSA) is 93.2 Å². The summed E-state index contributed by atoms with van der Waals surface area (Å²) in [7, 11) is 0. The van der Waals surface area contributed by atoms with Gasteiger partial charge in [-0.15, -0.1) is 0 Å². The number of nitrogens with one attached hydrogen (secondary N) is 1. The van der Waals surface area contributed by atoms with Crippen LogP contribution < -0.4 is 5.32 Å². The van der Waals surface area contributed by atoms with Crippen molar-refractivity contribution in [2.45, 2.75) is 13.1 Å². The third kappa shape index (κ3) is 2.04. The predicted molar refractivity (Wildman–Crippen MR) is 67.7 cm³/mol. The van der Waals surface area contributed by atoms with Gasteiger partial charge in [0.2, 0.25) is 0 Å². The molecule has 19 heavy (non-hydrogen) atoms. The van der Waals surface area contributed by atoms with E-state index in [4.69, 9.17) is 0 Å². The van der Waals surface area contributed by atoms with Crippen molar-refractivity contribution < 1.29 is 10.0 Å². The van der Waals surface area contributed by atoms with Gasteiger partial charge in [0, 0.05) is 30.9 Å². The second-order valence-electron chi connectivity index (χ2n) is 4.37. The number of imidazole rings is 1. The molecule has 0 aliphatic carbocycles. The molecule has 1 aromatic carbocycles. The van der Waals surface area contributed by atoms with Crippen molar-refractivity contribution in [3.63, 3.8) is 0 Å². The van der Waals surface area contributed by atoms with Crippen LogP contribution in [0.5, 0.6) is 5.75 Å². The summed E-state index contributed by atoms with van der Waals surface area (Å²) in [4.78, 5) is 14.5. The molecule has 0 atom stereocenters. The lowest BCUT2D eigenvalue weighted by Gasteiger charge is -2.13. The molecule has 0 unspecified atom stereocenters. The van der Waals surface area contributed by atoms with Gasteiger partial charge in [-0.1, -0.05) is 0 Å². The van der Waals surface area contributed by atoms with Gasteiger partial charge >= 0.3 is 0 Å². The summed E-state index contributed by atoms with van der Waals surface area (Å²) in [5, 5.41) is 23.7. The average Bonchev–Trinajstić information content (AvgIpc) is 2.81. The van der Waals surface area contributed by atoms with Crippen molar-refractivity contribution in [3.05, 3.63) is 40.3 Å². The Morgan fingerprint density at radius 3 is 3.00 bits per heavy atom. The van der Waals surface area contributed by atoms with Gasteiger partial charge in [0.1, 0.15) is 11.6 Å². The number of rotatable bonds is 2. The van der Waals surface area contributed by atoms with E-state index in [1.165, 1.54) is 12.1 Å². The molecule has 0 saturated heterocycles. The fourth-order valence-corrected chi connectivity index (χ4v) is 2.17. The molecule has 7 heteroatoms. The highest BCUT2D eigenvalue weighted by Gasteiger charge is 2.17. The van der Waals surface area contributed by atoms with Crippen molar-refractivity contribution >= 4 is 5.69 Å². The highest BCUT2D eigenvalue weighted by molar-refractivity contribution is 5.68. The number of nitrogens with zero attached hydrogens (tertiary/aromatic N) is 3. The van der Waals surface area contributed by atoms with Crippen molar-refractivity contribution in [3.8, 4) is 17.0 Å². The van der Waals surface area contributed by atoms with E-state index in [0.29, 0.717) is 17.8 Å². The smallest absolute Gasteiger partial charge is 0.273 e. The number of hydrogen-bond acceptors (Lipinski definition) is 5. The van der Waals surface area contributed by atoms with Gasteiger partial charge < -0.3 is 15.0 Å². The number of non-ortho nitro benzene ring substituents is 1. The highest BCUT2D eigenvalue weighted by Crippen LogP contribution is 2.31. The second kappa shape index (κ2) is 4.36. The Morgan fingerprint density at radius 1 is 1.47 bits per heavy atom. The summed E-state index contributed by atoms with van der Waals surface area (Å²) in [6.07, 6.45) is 1.86. The molecule has 0 saturated carbocycles. The van der Waals surface area contributed by atoms with Crippen molar-refractivity contribution in [1.29, 1.82) is 0 Å². The Balaban J connectivity index is 2.02. The molecule has 3 rings (SSSR count). The Kier molecular flexibility index (Phi) is 2.68. The van der Waals surface area contributed by atoms with Gasteiger partial charge in [-0.05, 0) is 6.07 Å². The standard InChI is InChI=1S/C12H12N4O3/c17-11-5-8(16(18)19)1-2-9(11)10-7-15-4-3-13-6-12(15)14-10/h1-2,5,7,13,17H,3-4,6H2. The van der Waals surface area contributed by atoms with E-state index in [1.54, 1.807) is 0 Å². The maximum absolute atomic E-state index is 10.6. The second-order valence-corrected chi connectivity index (χ2v) is 4.37. The van der Waals surface area contributed by atoms with E-state index in [9.17, 15) is 15.2 Å². The van der Waals surface area contributed by atoms with Crippen molar-refractivity contribution in [2.24, 2.45) is 0 Å². The number of aromatic nitrogens is 2. The van der Waals surface area contributed by atoms with Crippen LogP contribution in [0.1, 0.15) is 5.82 Å². The molecule has 0 radical (unpaired) electrons. The van der Waals surface area contributed by atoms with E-state index in [1.807, 2.05) is 10.8 Å². The number of phenolic OH excluding ortho intramolecular Hbond substituents is 1. The van der Waals surface area contributed by atoms with Crippen molar-refractivity contribution in [1.82, 2.24) is 14.9 Å². The first-order valence-corrected chi connectivity index (χ1v) is 5.89. The lowest BCUT2D eigenvalue weighted by molar-refractivity contribution is -0.384. The largest absolute Gasteiger partial charge is 0.507 e. The zero-order valence-corrected chi connectivity index (χ0v) is 10.0. The number of aromatic hydroxyl groups is 1. The van der Waals surface area contributed by atoms with E-state index in [2.05, 4.69) is 10.3 Å². The maximum atomic E-state index is 10.6. The van der Waals surface area contributed by atoms with E-state index >= 15 is 0 Å². The summed E-state index contributed by atoms with van der Waals surface area (Å²) >= 11 is 0. The maximum Gasteiger partial charge on any atom is 0.273 e. The number of phenols is 1. The first-order valence-electron chi connectivity index (χ1n) is 5.89. The summed E-state index contributed by atoms with van der Waals surface area (Å²) in [5.74, 6) is 0.775. The highest BCUT2D eigenvalue weighted by atomic mass is 16.6. The normalized spacial score (nSPS) is 14.1. The van der Waals surface area contributed by atoms with Gasteiger partial charge in [-0.2, -0.15) is 0 Å². The third-order valence-corrected chi connectivity index (χ3v) is 3.14. The zero-order chi connectivity index (χ0) is 13.4. The quantitative estimate of drug-likeness (QED) is 0.626. The fraction of sp³-hybridized carbons (Fsp3) is 0.250. The van der Waals surface area contributed by atoms with Crippen LogP contribution in [0, 0.1) is 10.1 Å². The fourth-order valence-electron chi connectivity index (χ4n) is 2.17. The molecular formula is C12H12N4O3. The monoisotopic (exact) mass is 260 g/mol. The molecule has 0 spiro atoms. The molecule has 2 heterocycles. The summed E-state index contributed by atoms with van der Waals surface area (Å²) in [6.45, 7) is 2.40. The molecular weight excluding hydrogens is 248 g/mol. The van der Waals surface area contributed by atoms with Crippen molar-refractivity contribution in [2.75, 3.05) is 6.54 Å². The van der Waals surface area contributed by atoms with Gasteiger partial charge in [0.25, 0.3) is 5.69 Å². The molecule has 1 aliphatic heterocycles. The lowest BCUT2D eigenvalue weighted by Crippen LogP contribution is -2.27. The van der Waals surface area contributed by atoms with E-state index in [-0.39, 0.29) is 11.4 Å². The Hall–Kier alpha value is -2.41. The number of fused-ring (bicyclic) bond motifs is 1. The predicted octanol–water partition coefficient (Wildman–Crippen LogP) is 1.27. The Morgan fingerprint density at radius 2 is 2.32 bits per heavy atom. The molecule has 0 fully saturated rings. The number of nitro groups is 1. The minimum absolute atomic E-state index is 0.127. The summed E-state index contributed by atoms with van der Waals surface area (Å²) in [6, 6.07) is 4.03. The van der Waals surface area contributed by atoms with Crippen LogP contribution in [-0.4, -0.2) is 26.1 Å². The first kappa shape index (κ1) is 11.7. The van der Waals surface area contributed by atoms with Crippen LogP contribution >= 0.6 is 0 Å². The van der Waals surface area contributed by atoms with Crippen LogP contribution in [0.4, 0.5) is 5.69 Å². The molecule has 98 valence electrons. The van der Waals surface area contributed by atoms with E-state index in [0.717, 1.165) is 25.0 Å². The Bertz CT molecular complexity index is 627. The minimum atomic E-state index is -0.536. The Labute approximate surface area is 108 Å². The van der Waals surface area contributed by atoms with Crippen LogP contribution in [-0.2, 0) is 13.1 Å². The number of nitro benzene ring substituents is 1. The molecule has 1 aliphatic rings. The first-order chi connectivity index (χ1) is 9.15. The summed E-state index contributed by atoms with van der Waals surface area (Å²) < 4.78 is 2.02. The van der Waals surface area contributed by atoms with Gasteiger partial charge in [-0.3, -0.25) is 10.1 Å². The van der Waals surface area contributed by atoms with Crippen LogP contribution in [0.25, 0.3) is 11.3 Å². The molecule has 0 bridgehead atoms. The zero-order valence-electron chi connectivity index (χ0n) is 10.0. The lowest BCUT2D eigenvalue weighted by atomic mass is 10.1. The van der Waals surface area contributed by atoms with Gasteiger partial charge in [0.05, 0.1) is 23.2 Å². The molecule has 1 aromatic heterocycles. The minimum Gasteiger partial charge on any atom is -0.507 e. The SMILES string of the molecule is O=[N+]([O-])c1ccc(-c2cn3c(n2)CNCC3)c(O)c1. The molecule has 0 amide bonds. The summed E-state index contributed by atoms with van der Waals surface area (Å²) in [5.41, 5.74) is 1.01. The van der Waals surface area contributed by atoms with Crippen LogP contribution in [0.3, 0.4) is 0 Å². The van der Waals surface area contributed by atoms with Gasteiger partial charge in [0.15, 0.2) is 0 Å². The molecule has 2 N–H and O–H groups in total. The average molecular weight is 260 g/mol. The van der Waals surface area contributed by atoms with E-state index < -0.39 is 4.92 Å². The molecule has 2 aromatic rings. The van der Waals surface area contributed by atoms with Gasteiger partial charge in [-0.25, -0.2) is 4.98 Å². The van der Waals surface area contributed by atoms with Crippen LogP contribution in [0.2, 0.25) is 0 Å². The number of benzene rings is 1.